The number of halogens is 1. The molecule has 19 heavy (non-hydrogen) atoms. The Kier molecular flexibility index (Phi) is 4.77. The van der Waals surface area contributed by atoms with E-state index in [9.17, 15) is 4.79 Å². The van der Waals surface area contributed by atoms with Crippen LogP contribution in [-0.4, -0.2) is 42.5 Å². The van der Waals surface area contributed by atoms with Crippen molar-refractivity contribution in [2.45, 2.75) is 19.8 Å². The molecular formula is C14H20ClN3O. The van der Waals surface area contributed by atoms with Gasteiger partial charge in [-0.05, 0) is 51.9 Å². The molecule has 2 heterocycles. The number of nitrogens with zero attached hydrogens (tertiary/aromatic N) is 2. The van der Waals surface area contributed by atoms with Gasteiger partial charge in [-0.2, -0.15) is 0 Å². The second kappa shape index (κ2) is 6.35. The number of pyridine rings is 1. The first-order valence-electron chi connectivity index (χ1n) is 6.65. The van der Waals surface area contributed by atoms with E-state index >= 15 is 0 Å². The topological polar surface area (TPSA) is 45.2 Å². The number of hydrogen-bond donors (Lipinski definition) is 1. The summed E-state index contributed by atoms with van der Waals surface area (Å²) in [5, 5.41) is 3.43. The van der Waals surface area contributed by atoms with Gasteiger partial charge in [-0.1, -0.05) is 11.6 Å². The minimum Gasteiger partial charge on any atom is -0.352 e. The molecule has 0 saturated carbocycles. The molecule has 1 aromatic rings. The maximum absolute atomic E-state index is 12.0. The number of carbonyl (C=O) groups excluding carboxylic acids is 1. The average Bonchev–Trinajstić information content (AvgIpc) is 2.37. The zero-order valence-electron chi connectivity index (χ0n) is 11.4. The van der Waals surface area contributed by atoms with Gasteiger partial charge in [0.2, 0.25) is 0 Å². The lowest BCUT2D eigenvalue weighted by Crippen LogP contribution is -2.37. The van der Waals surface area contributed by atoms with Crippen LogP contribution in [0.5, 0.6) is 0 Å². The first kappa shape index (κ1) is 14.3. The first-order chi connectivity index (χ1) is 9.06. The minimum absolute atomic E-state index is 0.128. The number of aromatic nitrogens is 1. The van der Waals surface area contributed by atoms with Gasteiger partial charge in [0.05, 0.1) is 10.6 Å². The normalized spacial score (nSPS) is 17.4. The molecule has 2 rings (SSSR count). The van der Waals surface area contributed by atoms with Gasteiger partial charge < -0.3 is 10.2 Å². The highest BCUT2D eigenvalue weighted by Crippen LogP contribution is 2.17. The van der Waals surface area contributed by atoms with Crippen molar-refractivity contribution in [2.75, 3.05) is 26.7 Å². The van der Waals surface area contributed by atoms with E-state index in [1.165, 1.54) is 0 Å². The van der Waals surface area contributed by atoms with Crippen LogP contribution in [0.3, 0.4) is 0 Å². The molecule has 1 aliphatic heterocycles. The summed E-state index contributed by atoms with van der Waals surface area (Å²) in [5.74, 6) is 0.439. The van der Waals surface area contributed by atoms with Crippen LogP contribution in [0.25, 0.3) is 0 Å². The molecule has 0 atom stereocenters. The summed E-state index contributed by atoms with van der Waals surface area (Å²) < 4.78 is 0. The van der Waals surface area contributed by atoms with Gasteiger partial charge in [0.1, 0.15) is 0 Å². The third-order valence-corrected chi connectivity index (χ3v) is 3.94. The van der Waals surface area contributed by atoms with E-state index in [1.54, 1.807) is 12.3 Å². The Labute approximate surface area is 119 Å². The highest BCUT2D eigenvalue weighted by molar-refractivity contribution is 6.33. The summed E-state index contributed by atoms with van der Waals surface area (Å²) in [4.78, 5) is 18.5. The number of likely N-dealkylation sites (tertiary alicyclic amines) is 1. The van der Waals surface area contributed by atoms with Gasteiger partial charge in [0, 0.05) is 18.4 Å². The van der Waals surface area contributed by atoms with Gasteiger partial charge in [-0.3, -0.25) is 9.78 Å². The molecule has 5 heteroatoms. The zero-order chi connectivity index (χ0) is 13.8. The van der Waals surface area contributed by atoms with Crippen LogP contribution in [0.1, 0.15) is 28.9 Å². The van der Waals surface area contributed by atoms with Gasteiger partial charge in [-0.15, -0.1) is 0 Å². The molecule has 1 aliphatic rings. The Balaban J connectivity index is 1.87. The van der Waals surface area contributed by atoms with E-state index in [4.69, 9.17) is 11.6 Å². The van der Waals surface area contributed by atoms with Crippen molar-refractivity contribution >= 4 is 17.5 Å². The molecule has 0 bridgehead atoms. The number of hydrogen-bond acceptors (Lipinski definition) is 3. The van der Waals surface area contributed by atoms with E-state index in [0.29, 0.717) is 16.5 Å². The largest absolute Gasteiger partial charge is 0.352 e. The Morgan fingerprint density at radius 2 is 2.21 bits per heavy atom. The summed E-state index contributed by atoms with van der Waals surface area (Å²) in [6.45, 7) is 4.78. The molecule has 1 N–H and O–H groups in total. The fraction of sp³-hybridized carbons (Fsp3) is 0.571. The number of piperidine rings is 1. The maximum Gasteiger partial charge on any atom is 0.254 e. The van der Waals surface area contributed by atoms with E-state index < -0.39 is 0 Å². The third-order valence-electron chi connectivity index (χ3n) is 3.62. The summed E-state index contributed by atoms with van der Waals surface area (Å²) in [6, 6.07) is 1.71. The molecule has 1 saturated heterocycles. The van der Waals surface area contributed by atoms with E-state index in [-0.39, 0.29) is 5.91 Å². The highest BCUT2D eigenvalue weighted by Gasteiger charge is 2.18. The average molecular weight is 282 g/mol. The van der Waals surface area contributed by atoms with Crippen molar-refractivity contribution in [1.82, 2.24) is 15.2 Å². The molecule has 0 aromatic carbocycles. The van der Waals surface area contributed by atoms with Crippen LogP contribution < -0.4 is 5.32 Å². The summed E-state index contributed by atoms with van der Waals surface area (Å²) in [7, 11) is 2.13. The lowest BCUT2D eigenvalue weighted by atomic mass is 9.97. The second-order valence-corrected chi connectivity index (χ2v) is 5.67. The van der Waals surface area contributed by atoms with Gasteiger partial charge in [-0.25, -0.2) is 0 Å². The van der Waals surface area contributed by atoms with Crippen molar-refractivity contribution in [3.05, 3.63) is 28.5 Å². The van der Waals surface area contributed by atoms with Crippen LogP contribution in [-0.2, 0) is 0 Å². The molecule has 1 fully saturated rings. The Bertz CT molecular complexity index is 456. The molecular weight excluding hydrogens is 262 g/mol. The summed E-state index contributed by atoms with van der Waals surface area (Å²) in [6.07, 6.45) is 3.81. The molecule has 0 spiro atoms. The molecule has 0 aliphatic carbocycles. The van der Waals surface area contributed by atoms with Gasteiger partial charge in [0.25, 0.3) is 5.91 Å². The van der Waals surface area contributed by atoms with Gasteiger partial charge in [0.15, 0.2) is 0 Å². The number of nitrogens with one attached hydrogen (secondary N) is 1. The lowest BCUT2D eigenvalue weighted by Gasteiger charge is -2.28. The fourth-order valence-corrected chi connectivity index (χ4v) is 2.58. The quantitative estimate of drug-likeness (QED) is 0.923. The maximum atomic E-state index is 12.0. The highest BCUT2D eigenvalue weighted by atomic mass is 35.5. The number of carbonyl (C=O) groups is 1. The zero-order valence-corrected chi connectivity index (χ0v) is 12.2. The van der Waals surface area contributed by atoms with Crippen molar-refractivity contribution in [1.29, 1.82) is 0 Å². The molecule has 1 amide bonds. The summed E-state index contributed by atoms with van der Waals surface area (Å²) >= 11 is 6.06. The fourth-order valence-electron chi connectivity index (χ4n) is 2.29. The van der Waals surface area contributed by atoms with Crippen molar-refractivity contribution in [2.24, 2.45) is 5.92 Å². The Morgan fingerprint density at radius 1 is 1.53 bits per heavy atom. The molecule has 1 aromatic heterocycles. The number of rotatable bonds is 3. The van der Waals surface area contributed by atoms with E-state index in [2.05, 4.69) is 22.2 Å². The number of aryl methyl sites for hydroxylation is 1. The molecule has 0 radical (unpaired) electrons. The first-order valence-corrected chi connectivity index (χ1v) is 7.03. The van der Waals surface area contributed by atoms with E-state index in [1.807, 2.05) is 6.92 Å². The van der Waals surface area contributed by atoms with Crippen LogP contribution >= 0.6 is 11.6 Å². The van der Waals surface area contributed by atoms with Crippen molar-refractivity contribution in [3.8, 4) is 0 Å². The minimum atomic E-state index is -0.128. The second-order valence-electron chi connectivity index (χ2n) is 5.26. The van der Waals surface area contributed by atoms with Crippen LogP contribution in [0.15, 0.2) is 12.3 Å². The van der Waals surface area contributed by atoms with Crippen LogP contribution in [0, 0.1) is 12.8 Å². The molecule has 0 unspecified atom stereocenters. The Morgan fingerprint density at radius 3 is 2.84 bits per heavy atom. The monoisotopic (exact) mass is 281 g/mol. The Hall–Kier alpha value is -1.13. The molecule has 104 valence electrons. The molecule has 4 nitrogen and oxygen atoms in total. The van der Waals surface area contributed by atoms with Crippen LogP contribution in [0.4, 0.5) is 0 Å². The van der Waals surface area contributed by atoms with Crippen molar-refractivity contribution < 1.29 is 4.79 Å². The smallest absolute Gasteiger partial charge is 0.254 e. The SMILES string of the molecule is Cc1cc(Cl)c(C(=O)NCC2CCN(C)CC2)cn1. The third kappa shape index (κ3) is 3.91. The van der Waals surface area contributed by atoms with E-state index in [0.717, 1.165) is 38.2 Å². The van der Waals surface area contributed by atoms with Crippen LogP contribution in [0.2, 0.25) is 5.02 Å². The standard InChI is InChI=1S/C14H20ClN3O/c1-10-7-13(15)12(9-16-10)14(19)17-8-11-3-5-18(2)6-4-11/h7,9,11H,3-6,8H2,1-2H3,(H,17,19). The summed E-state index contributed by atoms with van der Waals surface area (Å²) in [5.41, 5.74) is 1.28. The number of amides is 1. The lowest BCUT2D eigenvalue weighted by molar-refractivity contribution is 0.0939. The predicted octanol–water partition coefficient (Wildman–Crippen LogP) is 2.12. The van der Waals surface area contributed by atoms with Gasteiger partial charge >= 0.3 is 0 Å². The predicted molar refractivity (Wildman–Crippen MR) is 76.5 cm³/mol. The van der Waals surface area contributed by atoms with Crippen molar-refractivity contribution in [3.63, 3.8) is 0 Å².